The normalized spacial score (nSPS) is 10.9. The highest BCUT2D eigenvalue weighted by atomic mass is 32.7. The van der Waals surface area contributed by atoms with Gasteiger partial charge < -0.3 is 0 Å². The van der Waals surface area contributed by atoms with Gasteiger partial charge in [-0.3, -0.25) is 4.57 Å². The van der Waals surface area contributed by atoms with Crippen LogP contribution in [0.3, 0.4) is 0 Å². The van der Waals surface area contributed by atoms with Crippen molar-refractivity contribution in [1.82, 2.24) is 0 Å². The Bertz CT molecular complexity index is 209. The lowest BCUT2D eigenvalue weighted by atomic mass is 10.8. The number of rotatable bonds is 2. The van der Waals surface area contributed by atoms with E-state index >= 15 is 0 Å². The van der Waals surface area contributed by atoms with E-state index in [2.05, 4.69) is 6.42 Å². The summed E-state index contributed by atoms with van der Waals surface area (Å²) in [5, 5.41) is 0. The average Bonchev–Trinajstić information content (AvgIpc) is 1.67. The third kappa shape index (κ3) is 2.73. The minimum Gasteiger partial charge on any atom is -0.257 e. The van der Waals surface area contributed by atoms with Crippen LogP contribution in [0.4, 0.5) is 0 Å². The van der Waals surface area contributed by atoms with Crippen LogP contribution in [0.2, 0.25) is 0 Å². The lowest BCUT2D eigenvalue weighted by molar-refractivity contribution is 0.590. The lowest BCUT2D eigenvalue weighted by Gasteiger charge is -1.78. The fourth-order valence-corrected chi connectivity index (χ4v) is 0.777. The van der Waals surface area contributed by atoms with Gasteiger partial charge in [-0.2, -0.15) is 0 Å². The zero-order valence-electron chi connectivity index (χ0n) is 3.86. The van der Waals surface area contributed by atoms with Crippen LogP contribution in [0.25, 0.3) is 0 Å². The Hall–Kier alpha value is -0.390. The van der Waals surface area contributed by atoms with Crippen LogP contribution in [0.5, 0.6) is 0 Å². The molecule has 0 fully saturated rings. The molecule has 0 aromatic carbocycles. The van der Waals surface area contributed by atoms with Crippen molar-refractivity contribution in [1.29, 1.82) is 0 Å². The smallest absolute Gasteiger partial charge is 0.257 e. The lowest BCUT2D eigenvalue weighted by Crippen LogP contribution is -1.91. The molecule has 0 aromatic heterocycles. The highest BCUT2D eigenvalue weighted by Crippen LogP contribution is 2.05. The van der Waals surface area contributed by atoms with Crippen molar-refractivity contribution in [3.8, 4) is 12.3 Å². The minimum atomic E-state index is -3.49. The molecule has 0 saturated heterocycles. The van der Waals surface area contributed by atoms with E-state index in [9.17, 15) is 13.0 Å². The fraction of sp³-hybridized carbons (Fsp3) is 0.333. The summed E-state index contributed by atoms with van der Waals surface area (Å²) in [5.41, 5.74) is 0. The molecule has 0 unspecified atom stereocenters. The van der Waals surface area contributed by atoms with E-state index in [4.69, 9.17) is 0 Å². The summed E-state index contributed by atoms with van der Waals surface area (Å²) in [6.07, 6.45) is 4.62. The molecule has 0 radical (unpaired) electrons. The quantitative estimate of drug-likeness (QED) is 0.418. The SMILES string of the molecule is C#CCS(=O)(=O)P=O. The van der Waals surface area contributed by atoms with Gasteiger partial charge in [0, 0.05) is 0 Å². The van der Waals surface area contributed by atoms with Gasteiger partial charge >= 0.3 is 0 Å². The first-order chi connectivity index (χ1) is 3.62. The predicted molar refractivity (Wildman–Crippen MR) is 30.2 cm³/mol. The van der Waals surface area contributed by atoms with Crippen LogP contribution in [0, 0.1) is 12.3 Å². The first kappa shape index (κ1) is 7.61. The van der Waals surface area contributed by atoms with E-state index in [1.54, 1.807) is 0 Å². The standard InChI is InChI=1S/C3H3O3PS/c1-2-3-8(5,6)7-4/h1H,3H2. The molecule has 5 heteroatoms. The largest absolute Gasteiger partial charge is 0.291 e. The third-order valence-corrected chi connectivity index (χ3v) is 2.21. The van der Waals surface area contributed by atoms with Crippen LogP contribution in [0.15, 0.2) is 0 Å². The van der Waals surface area contributed by atoms with Gasteiger partial charge in [-0.05, 0) is 0 Å². The summed E-state index contributed by atoms with van der Waals surface area (Å²) in [4.78, 5) is 0. The van der Waals surface area contributed by atoms with E-state index < -0.39 is 22.9 Å². The van der Waals surface area contributed by atoms with Crippen LogP contribution in [0.1, 0.15) is 0 Å². The summed E-state index contributed by atoms with van der Waals surface area (Å²) in [6.45, 7) is 0. The Labute approximate surface area is 49.0 Å². The van der Waals surface area contributed by atoms with E-state index in [0.29, 0.717) is 0 Å². The molecule has 3 nitrogen and oxygen atoms in total. The molecule has 44 valence electrons. The maximum atomic E-state index is 10.1. The molecule has 0 bridgehead atoms. The Morgan fingerprint density at radius 3 is 2.25 bits per heavy atom. The molecule has 0 aliphatic rings. The third-order valence-electron chi connectivity index (χ3n) is 0.379. The van der Waals surface area contributed by atoms with Crippen molar-refractivity contribution in [3.05, 3.63) is 0 Å². The van der Waals surface area contributed by atoms with Crippen molar-refractivity contribution in [2.24, 2.45) is 0 Å². The molecule has 0 saturated carbocycles. The number of hydrogen-bond acceptors (Lipinski definition) is 3. The maximum Gasteiger partial charge on any atom is 0.291 e. The summed E-state index contributed by atoms with van der Waals surface area (Å²) in [5.74, 6) is 1.40. The van der Waals surface area contributed by atoms with Gasteiger partial charge in [0.1, 0.15) is 5.75 Å². The van der Waals surface area contributed by atoms with Gasteiger partial charge in [0.15, 0.2) is 0 Å². The monoisotopic (exact) mass is 150 g/mol. The molecule has 0 aromatic rings. The van der Waals surface area contributed by atoms with Gasteiger partial charge in [-0.1, -0.05) is 5.92 Å². The summed E-state index contributed by atoms with van der Waals surface area (Å²) >= 11 is 0. The molecule has 0 rings (SSSR count). The van der Waals surface area contributed by atoms with E-state index in [0.717, 1.165) is 0 Å². The van der Waals surface area contributed by atoms with E-state index in [1.807, 2.05) is 5.92 Å². The van der Waals surface area contributed by atoms with Crippen molar-refractivity contribution in [2.45, 2.75) is 0 Å². The van der Waals surface area contributed by atoms with Gasteiger partial charge in [0.25, 0.3) is 7.66 Å². The van der Waals surface area contributed by atoms with Crippen molar-refractivity contribution < 1.29 is 13.0 Å². The molecule has 0 spiro atoms. The van der Waals surface area contributed by atoms with Gasteiger partial charge in [-0.25, -0.2) is 8.42 Å². The highest BCUT2D eigenvalue weighted by Gasteiger charge is 2.05. The Morgan fingerprint density at radius 2 is 2.12 bits per heavy atom. The van der Waals surface area contributed by atoms with Gasteiger partial charge in [0.05, 0.1) is 0 Å². The highest BCUT2D eigenvalue weighted by molar-refractivity contribution is 8.39. The summed E-state index contributed by atoms with van der Waals surface area (Å²) < 4.78 is 29.9. The average molecular weight is 150 g/mol. The first-order valence-corrected chi connectivity index (χ1v) is 4.70. The van der Waals surface area contributed by atoms with Gasteiger partial charge in [0.2, 0.25) is 9.46 Å². The molecular formula is C3H3O3PS. The van der Waals surface area contributed by atoms with Crippen molar-refractivity contribution in [2.75, 3.05) is 5.75 Å². The molecule has 8 heavy (non-hydrogen) atoms. The topological polar surface area (TPSA) is 51.2 Å². The molecule has 0 N–H and O–H groups in total. The Kier molecular flexibility index (Phi) is 2.67. The second-order valence-electron chi connectivity index (χ2n) is 1.00. The molecule has 0 amide bonds. The molecule has 0 atom stereocenters. The van der Waals surface area contributed by atoms with Crippen LogP contribution < -0.4 is 0 Å². The van der Waals surface area contributed by atoms with Crippen LogP contribution >= 0.6 is 7.66 Å². The molecule has 0 aliphatic heterocycles. The van der Waals surface area contributed by atoms with E-state index in [1.165, 1.54) is 0 Å². The number of terminal acetylenes is 1. The minimum absolute atomic E-state index is 0.460. The molecule has 0 aliphatic carbocycles. The van der Waals surface area contributed by atoms with Crippen molar-refractivity contribution in [3.63, 3.8) is 0 Å². The zero-order chi connectivity index (χ0) is 6.62. The van der Waals surface area contributed by atoms with Crippen LogP contribution in [-0.4, -0.2) is 14.2 Å². The Morgan fingerprint density at radius 1 is 1.62 bits per heavy atom. The second kappa shape index (κ2) is 2.81. The Balaban J connectivity index is 4.23. The van der Waals surface area contributed by atoms with Crippen molar-refractivity contribution >= 4 is 17.1 Å². The fourth-order valence-electron chi connectivity index (χ4n) is 0.132. The van der Waals surface area contributed by atoms with E-state index in [-0.39, 0.29) is 0 Å². The summed E-state index contributed by atoms with van der Waals surface area (Å²) in [6, 6.07) is 0. The first-order valence-electron chi connectivity index (χ1n) is 1.63. The second-order valence-corrected chi connectivity index (χ2v) is 4.72. The zero-order valence-corrected chi connectivity index (χ0v) is 5.58. The number of hydrogen-bond donors (Lipinski definition) is 0. The maximum absolute atomic E-state index is 10.1. The molecular weight excluding hydrogens is 147 g/mol. The summed E-state index contributed by atoms with van der Waals surface area (Å²) in [7, 11) is -4.39. The predicted octanol–water partition coefficient (Wildman–Crippen LogP) is 0.241. The van der Waals surface area contributed by atoms with Crippen LogP contribution in [-0.2, 0) is 14.0 Å². The molecule has 0 heterocycles. The van der Waals surface area contributed by atoms with Gasteiger partial charge in [-0.15, -0.1) is 6.42 Å².